The van der Waals surface area contributed by atoms with E-state index in [-0.39, 0.29) is 0 Å². The summed E-state index contributed by atoms with van der Waals surface area (Å²) in [6.07, 6.45) is 6.87. The standard InChI is InChI=1S/C8H12N2O/c1-4-11-6-8(1)5-10-3-2-9-7-10/h2-3,7-8H,1,4-6H2. The Morgan fingerprint density at radius 3 is 3.27 bits per heavy atom. The van der Waals surface area contributed by atoms with E-state index in [9.17, 15) is 0 Å². The van der Waals surface area contributed by atoms with Gasteiger partial charge in [0.25, 0.3) is 0 Å². The van der Waals surface area contributed by atoms with Gasteiger partial charge in [0.1, 0.15) is 0 Å². The first-order chi connectivity index (χ1) is 5.45. The van der Waals surface area contributed by atoms with Crippen molar-refractivity contribution in [2.24, 2.45) is 5.92 Å². The van der Waals surface area contributed by atoms with Crippen LogP contribution in [0.3, 0.4) is 0 Å². The third-order valence-electron chi connectivity index (χ3n) is 2.05. The molecule has 3 nitrogen and oxygen atoms in total. The fraction of sp³-hybridized carbons (Fsp3) is 0.625. The van der Waals surface area contributed by atoms with E-state index < -0.39 is 0 Å². The predicted octanol–water partition coefficient (Wildman–Crippen LogP) is 0.920. The van der Waals surface area contributed by atoms with Crippen molar-refractivity contribution >= 4 is 0 Å². The van der Waals surface area contributed by atoms with Gasteiger partial charge in [0, 0.05) is 31.5 Å². The Bertz CT molecular complexity index is 202. The molecular weight excluding hydrogens is 140 g/mol. The minimum absolute atomic E-state index is 0.698. The molecule has 0 radical (unpaired) electrons. The van der Waals surface area contributed by atoms with Crippen LogP contribution >= 0.6 is 0 Å². The van der Waals surface area contributed by atoms with Crippen molar-refractivity contribution in [3.8, 4) is 0 Å². The summed E-state index contributed by atoms with van der Waals surface area (Å²) in [5.74, 6) is 0.698. The van der Waals surface area contributed by atoms with E-state index >= 15 is 0 Å². The van der Waals surface area contributed by atoms with Gasteiger partial charge in [0.15, 0.2) is 0 Å². The highest BCUT2D eigenvalue weighted by Crippen LogP contribution is 2.13. The second-order valence-electron chi connectivity index (χ2n) is 2.99. The third-order valence-corrected chi connectivity index (χ3v) is 2.05. The quantitative estimate of drug-likeness (QED) is 0.630. The number of rotatable bonds is 2. The van der Waals surface area contributed by atoms with Gasteiger partial charge in [-0.05, 0) is 6.42 Å². The summed E-state index contributed by atoms with van der Waals surface area (Å²) in [5, 5.41) is 0. The summed E-state index contributed by atoms with van der Waals surface area (Å²) in [7, 11) is 0. The molecule has 0 aliphatic carbocycles. The summed E-state index contributed by atoms with van der Waals surface area (Å²) in [6.45, 7) is 2.90. The molecule has 0 aromatic carbocycles. The van der Waals surface area contributed by atoms with Gasteiger partial charge >= 0.3 is 0 Å². The maximum Gasteiger partial charge on any atom is 0.0946 e. The van der Waals surface area contributed by atoms with E-state index in [2.05, 4.69) is 9.55 Å². The van der Waals surface area contributed by atoms with Gasteiger partial charge in [0.2, 0.25) is 0 Å². The van der Waals surface area contributed by atoms with Crippen LogP contribution in [0.2, 0.25) is 0 Å². The third kappa shape index (κ3) is 1.60. The van der Waals surface area contributed by atoms with Crippen LogP contribution in [0.15, 0.2) is 18.7 Å². The van der Waals surface area contributed by atoms with Gasteiger partial charge in [-0.1, -0.05) is 0 Å². The average Bonchev–Trinajstić information content (AvgIpc) is 2.60. The lowest BCUT2D eigenvalue weighted by molar-refractivity contribution is 0.182. The highest BCUT2D eigenvalue weighted by Gasteiger charge is 2.15. The van der Waals surface area contributed by atoms with Gasteiger partial charge in [0.05, 0.1) is 12.9 Å². The number of ether oxygens (including phenoxy) is 1. The number of hydrogen-bond acceptors (Lipinski definition) is 2. The molecule has 3 heteroatoms. The van der Waals surface area contributed by atoms with Gasteiger partial charge in [-0.25, -0.2) is 4.98 Å². The van der Waals surface area contributed by atoms with E-state index in [0.717, 1.165) is 19.8 Å². The molecule has 11 heavy (non-hydrogen) atoms. The van der Waals surface area contributed by atoms with Gasteiger partial charge in [-0.3, -0.25) is 0 Å². The lowest BCUT2D eigenvalue weighted by Gasteiger charge is -2.06. The molecule has 1 aliphatic rings. The Balaban J connectivity index is 1.90. The minimum atomic E-state index is 0.698. The van der Waals surface area contributed by atoms with E-state index in [1.165, 1.54) is 6.42 Å². The molecule has 1 aromatic heterocycles. The fourth-order valence-electron chi connectivity index (χ4n) is 1.42. The van der Waals surface area contributed by atoms with Crippen molar-refractivity contribution in [2.45, 2.75) is 13.0 Å². The molecule has 2 rings (SSSR count). The smallest absolute Gasteiger partial charge is 0.0946 e. The molecule has 1 atom stereocenters. The van der Waals surface area contributed by atoms with E-state index in [0.29, 0.717) is 5.92 Å². The first-order valence-electron chi connectivity index (χ1n) is 3.98. The summed E-state index contributed by atoms with van der Waals surface area (Å²) in [5.41, 5.74) is 0. The molecule has 0 bridgehead atoms. The maximum atomic E-state index is 5.27. The van der Waals surface area contributed by atoms with Crippen LogP contribution < -0.4 is 0 Å². The number of aromatic nitrogens is 2. The summed E-state index contributed by atoms with van der Waals surface area (Å²) in [4.78, 5) is 3.99. The molecule has 60 valence electrons. The highest BCUT2D eigenvalue weighted by atomic mass is 16.5. The van der Waals surface area contributed by atoms with Gasteiger partial charge < -0.3 is 9.30 Å². The predicted molar refractivity (Wildman–Crippen MR) is 41.2 cm³/mol. The van der Waals surface area contributed by atoms with Crippen molar-refractivity contribution in [3.05, 3.63) is 18.7 Å². The first kappa shape index (κ1) is 6.85. The van der Waals surface area contributed by atoms with E-state index in [1.807, 2.05) is 18.7 Å². The Morgan fingerprint density at radius 1 is 1.64 bits per heavy atom. The van der Waals surface area contributed by atoms with Crippen molar-refractivity contribution in [1.82, 2.24) is 9.55 Å². The highest BCUT2D eigenvalue weighted by molar-refractivity contribution is 4.76. The molecule has 1 saturated heterocycles. The lowest BCUT2D eigenvalue weighted by Crippen LogP contribution is -2.08. The van der Waals surface area contributed by atoms with Crippen LogP contribution in [0.4, 0.5) is 0 Å². The van der Waals surface area contributed by atoms with Crippen molar-refractivity contribution in [2.75, 3.05) is 13.2 Å². The Morgan fingerprint density at radius 2 is 2.64 bits per heavy atom. The number of imidazole rings is 1. The van der Waals surface area contributed by atoms with Crippen LogP contribution in [0.5, 0.6) is 0 Å². The lowest BCUT2D eigenvalue weighted by atomic mass is 10.1. The summed E-state index contributed by atoms with van der Waals surface area (Å²) >= 11 is 0. The molecule has 1 fully saturated rings. The summed E-state index contributed by atoms with van der Waals surface area (Å²) in [6, 6.07) is 0. The fourth-order valence-corrected chi connectivity index (χ4v) is 1.42. The molecule has 0 amide bonds. The van der Waals surface area contributed by atoms with Crippen LogP contribution in [-0.4, -0.2) is 22.8 Å². The van der Waals surface area contributed by atoms with Gasteiger partial charge in [-0.2, -0.15) is 0 Å². The average molecular weight is 152 g/mol. The largest absolute Gasteiger partial charge is 0.381 e. The van der Waals surface area contributed by atoms with Crippen molar-refractivity contribution in [1.29, 1.82) is 0 Å². The number of hydrogen-bond donors (Lipinski definition) is 0. The second kappa shape index (κ2) is 3.05. The van der Waals surface area contributed by atoms with Crippen LogP contribution in [0.1, 0.15) is 6.42 Å². The second-order valence-corrected chi connectivity index (χ2v) is 2.99. The molecular formula is C8H12N2O. The minimum Gasteiger partial charge on any atom is -0.381 e. The molecule has 0 saturated carbocycles. The molecule has 1 aromatic rings. The normalized spacial score (nSPS) is 24.2. The molecule has 1 aliphatic heterocycles. The zero-order valence-electron chi connectivity index (χ0n) is 6.44. The Hall–Kier alpha value is -0.830. The zero-order valence-corrected chi connectivity index (χ0v) is 6.44. The van der Waals surface area contributed by atoms with Crippen LogP contribution in [0, 0.1) is 5.92 Å². The Kier molecular flexibility index (Phi) is 1.90. The van der Waals surface area contributed by atoms with E-state index in [4.69, 9.17) is 4.74 Å². The summed E-state index contributed by atoms with van der Waals surface area (Å²) < 4.78 is 7.38. The SMILES string of the molecule is c1cn(CC2CCOC2)cn1. The van der Waals surface area contributed by atoms with Crippen LogP contribution in [0.25, 0.3) is 0 Å². The molecule has 2 heterocycles. The molecule has 1 unspecified atom stereocenters. The van der Waals surface area contributed by atoms with Crippen molar-refractivity contribution in [3.63, 3.8) is 0 Å². The zero-order chi connectivity index (χ0) is 7.52. The monoisotopic (exact) mass is 152 g/mol. The topological polar surface area (TPSA) is 27.1 Å². The molecule has 0 spiro atoms. The van der Waals surface area contributed by atoms with Crippen LogP contribution in [-0.2, 0) is 11.3 Å². The van der Waals surface area contributed by atoms with Gasteiger partial charge in [-0.15, -0.1) is 0 Å². The van der Waals surface area contributed by atoms with Crippen molar-refractivity contribution < 1.29 is 4.74 Å². The van der Waals surface area contributed by atoms with E-state index in [1.54, 1.807) is 0 Å². The Labute approximate surface area is 66.0 Å². The molecule has 0 N–H and O–H groups in total. The maximum absolute atomic E-state index is 5.27. The first-order valence-corrected chi connectivity index (χ1v) is 3.98. The number of nitrogens with zero attached hydrogens (tertiary/aromatic N) is 2.